The van der Waals surface area contributed by atoms with Crippen LogP contribution in [0.25, 0.3) is 0 Å². The van der Waals surface area contributed by atoms with Gasteiger partial charge >= 0.3 is 6.09 Å². The Hall–Kier alpha value is -0.770. The molecule has 1 fully saturated rings. The van der Waals surface area contributed by atoms with Gasteiger partial charge in [0.2, 0.25) is 0 Å². The molecule has 0 heterocycles. The van der Waals surface area contributed by atoms with Crippen LogP contribution in [0.15, 0.2) is 0 Å². The molecule has 4 heteroatoms. The van der Waals surface area contributed by atoms with E-state index in [0.29, 0.717) is 18.4 Å². The van der Waals surface area contributed by atoms with Gasteiger partial charge in [-0.05, 0) is 70.4 Å². The van der Waals surface area contributed by atoms with Crippen molar-refractivity contribution in [3.05, 3.63) is 0 Å². The maximum atomic E-state index is 11.8. The van der Waals surface area contributed by atoms with Crippen LogP contribution in [0.1, 0.15) is 67.2 Å². The number of hydrogen-bond acceptors (Lipinski definition) is 3. The van der Waals surface area contributed by atoms with Crippen LogP contribution < -0.4 is 10.6 Å². The highest BCUT2D eigenvalue weighted by Crippen LogP contribution is 2.27. The molecule has 4 nitrogen and oxygen atoms in total. The van der Waals surface area contributed by atoms with Crippen LogP contribution >= 0.6 is 0 Å². The second-order valence-corrected chi connectivity index (χ2v) is 8.67. The highest BCUT2D eigenvalue weighted by atomic mass is 16.6. The summed E-state index contributed by atoms with van der Waals surface area (Å²) in [6.45, 7) is 15.2. The lowest BCUT2D eigenvalue weighted by molar-refractivity contribution is 0.0514. The van der Waals surface area contributed by atoms with Gasteiger partial charge in [-0.15, -0.1) is 0 Å². The number of rotatable bonds is 7. The van der Waals surface area contributed by atoms with Crippen LogP contribution in [0, 0.1) is 23.7 Å². The highest BCUT2D eigenvalue weighted by Gasteiger charge is 2.21. The molecule has 136 valence electrons. The first-order chi connectivity index (χ1) is 10.7. The van der Waals surface area contributed by atoms with Gasteiger partial charge in [0, 0.05) is 6.54 Å². The molecule has 1 rings (SSSR count). The van der Waals surface area contributed by atoms with E-state index in [1.807, 2.05) is 20.8 Å². The van der Waals surface area contributed by atoms with E-state index >= 15 is 0 Å². The van der Waals surface area contributed by atoms with Crippen molar-refractivity contribution in [3.63, 3.8) is 0 Å². The van der Waals surface area contributed by atoms with E-state index in [4.69, 9.17) is 4.74 Å². The zero-order chi connectivity index (χ0) is 17.5. The van der Waals surface area contributed by atoms with Crippen molar-refractivity contribution in [2.75, 3.05) is 19.6 Å². The second-order valence-electron chi connectivity index (χ2n) is 8.67. The van der Waals surface area contributed by atoms with Crippen molar-refractivity contribution in [3.8, 4) is 0 Å². The molecule has 1 saturated carbocycles. The van der Waals surface area contributed by atoms with Gasteiger partial charge in [-0.3, -0.25) is 0 Å². The molecule has 1 amide bonds. The zero-order valence-corrected chi connectivity index (χ0v) is 16.1. The molecule has 0 aromatic rings. The summed E-state index contributed by atoms with van der Waals surface area (Å²) in [6.07, 6.45) is 5.15. The van der Waals surface area contributed by atoms with Crippen LogP contribution in [-0.4, -0.2) is 31.3 Å². The molecule has 0 aliphatic heterocycles. The van der Waals surface area contributed by atoms with Crippen LogP contribution in [0.3, 0.4) is 0 Å². The number of ether oxygens (including phenoxy) is 1. The van der Waals surface area contributed by atoms with E-state index in [1.54, 1.807) is 0 Å². The highest BCUT2D eigenvalue weighted by molar-refractivity contribution is 5.67. The van der Waals surface area contributed by atoms with Gasteiger partial charge in [-0.1, -0.05) is 33.6 Å². The number of carbonyl (C=O) groups excluding carboxylic acids is 1. The summed E-state index contributed by atoms with van der Waals surface area (Å²) in [5.41, 5.74) is -0.437. The quantitative estimate of drug-likeness (QED) is 0.737. The van der Waals surface area contributed by atoms with Gasteiger partial charge in [0.1, 0.15) is 5.60 Å². The van der Waals surface area contributed by atoms with Gasteiger partial charge in [0.05, 0.1) is 0 Å². The second kappa shape index (κ2) is 9.51. The van der Waals surface area contributed by atoms with E-state index in [0.717, 1.165) is 24.9 Å². The summed E-state index contributed by atoms with van der Waals surface area (Å²) in [5, 5.41) is 6.54. The average Bonchev–Trinajstić information content (AvgIpc) is 2.42. The molecule has 1 aliphatic rings. The minimum atomic E-state index is -0.437. The largest absolute Gasteiger partial charge is 0.444 e. The first kappa shape index (κ1) is 20.3. The van der Waals surface area contributed by atoms with Gasteiger partial charge < -0.3 is 15.4 Å². The van der Waals surface area contributed by atoms with Crippen LogP contribution in [-0.2, 0) is 4.74 Å². The van der Waals surface area contributed by atoms with Crippen molar-refractivity contribution >= 4 is 6.09 Å². The van der Waals surface area contributed by atoms with Gasteiger partial charge in [0.15, 0.2) is 0 Å². The van der Waals surface area contributed by atoms with Crippen molar-refractivity contribution < 1.29 is 9.53 Å². The number of hydrogen-bond donors (Lipinski definition) is 2. The van der Waals surface area contributed by atoms with Crippen LogP contribution in [0.4, 0.5) is 4.79 Å². The summed E-state index contributed by atoms with van der Waals surface area (Å²) in [4.78, 5) is 11.8. The number of carbonyl (C=O) groups is 1. The molecule has 1 aliphatic carbocycles. The maximum Gasteiger partial charge on any atom is 0.407 e. The number of nitrogens with one attached hydrogen (secondary N) is 2. The third kappa shape index (κ3) is 9.19. The van der Waals surface area contributed by atoms with Gasteiger partial charge in [-0.25, -0.2) is 4.79 Å². The molecule has 2 N–H and O–H groups in total. The molecule has 0 saturated heterocycles. The Bertz CT molecular complexity index is 342. The Morgan fingerprint density at radius 1 is 1.13 bits per heavy atom. The SMILES string of the molecule is CC1CCC(CNCC(CNC(=O)OC(C)(C)C)C(C)C)CC1. The van der Waals surface area contributed by atoms with Crippen molar-refractivity contribution in [1.82, 2.24) is 10.6 Å². The lowest BCUT2D eigenvalue weighted by Gasteiger charge is -2.28. The molecular weight excluding hydrogens is 288 g/mol. The Morgan fingerprint density at radius 2 is 1.74 bits per heavy atom. The standard InChI is InChI=1S/C19H38N2O2/c1-14(2)17(13-21-18(22)23-19(4,5)6)12-20-11-16-9-7-15(3)8-10-16/h14-17,20H,7-13H2,1-6H3,(H,21,22). The summed E-state index contributed by atoms with van der Waals surface area (Å²) in [5.74, 6) is 2.71. The molecule has 1 atom stereocenters. The van der Waals surface area contributed by atoms with Crippen LogP contribution in [0.2, 0.25) is 0 Å². The minimum absolute atomic E-state index is 0.315. The Kier molecular flexibility index (Phi) is 8.38. The fourth-order valence-electron chi connectivity index (χ4n) is 3.08. The molecule has 0 radical (unpaired) electrons. The van der Waals surface area contributed by atoms with E-state index in [2.05, 4.69) is 31.4 Å². The van der Waals surface area contributed by atoms with Crippen LogP contribution in [0.5, 0.6) is 0 Å². The average molecular weight is 327 g/mol. The topological polar surface area (TPSA) is 50.4 Å². The van der Waals surface area contributed by atoms with Crippen molar-refractivity contribution in [2.24, 2.45) is 23.7 Å². The normalized spacial score (nSPS) is 23.6. The third-order valence-electron chi connectivity index (χ3n) is 4.83. The number of alkyl carbamates (subject to hydrolysis) is 1. The smallest absolute Gasteiger partial charge is 0.407 e. The van der Waals surface area contributed by atoms with E-state index < -0.39 is 5.60 Å². The molecule has 23 heavy (non-hydrogen) atoms. The fourth-order valence-corrected chi connectivity index (χ4v) is 3.08. The van der Waals surface area contributed by atoms with Crippen molar-refractivity contribution in [1.29, 1.82) is 0 Å². The molecular formula is C19H38N2O2. The van der Waals surface area contributed by atoms with Crippen molar-refractivity contribution in [2.45, 2.75) is 72.8 Å². The monoisotopic (exact) mass is 326 g/mol. The van der Waals surface area contributed by atoms with Gasteiger partial charge in [-0.2, -0.15) is 0 Å². The summed E-state index contributed by atoms with van der Waals surface area (Å²) >= 11 is 0. The van der Waals surface area contributed by atoms with E-state index in [9.17, 15) is 4.79 Å². The molecule has 0 spiro atoms. The minimum Gasteiger partial charge on any atom is -0.444 e. The molecule has 1 unspecified atom stereocenters. The Labute approximate surface area is 143 Å². The third-order valence-corrected chi connectivity index (χ3v) is 4.83. The van der Waals surface area contributed by atoms with Gasteiger partial charge in [0.25, 0.3) is 0 Å². The maximum absolute atomic E-state index is 11.8. The molecule has 0 aromatic carbocycles. The number of amides is 1. The predicted molar refractivity (Wildman–Crippen MR) is 96.6 cm³/mol. The zero-order valence-electron chi connectivity index (χ0n) is 16.1. The Morgan fingerprint density at radius 3 is 2.26 bits per heavy atom. The lowest BCUT2D eigenvalue weighted by atomic mass is 9.83. The molecule has 0 aromatic heterocycles. The van der Waals surface area contributed by atoms with E-state index in [-0.39, 0.29) is 6.09 Å². The summed E-state index contributed by atoms with van der Waals surface area (Å²) < 4.78 is 5.31. The Balaban J connectivity index is 2.25. The molecule has 0 bridgehead atoms. The first-order valence-electron chi connectivity index (χ1n) is 9.35. The first-order valence-corrected chi connectivity index (χ1v) is 9.35. The summed E-state index contributed by atoms with van der Waals surface area (Å²) in [7, 11) is 0. The predicted octanol–water partition coefficient (Wildman–Crippen LogP) is 4.20. The fraction of sp³-hybridized carbons (Fsp3) is 0.947. The van der Waals surface area contributed by atoms with E-state index in [1.165, 1.54) is 25.7 Å². The lowest BCUT2D eigenvalue weighted by Crippen LogP contribution is -2.40. The summed E-state index contributed by atoms with van der Waals surface area (Å²) in [6, 6.07) is 0.